The van der Waals surface area contributed by atoms with Crippen LogP contribution in [-0.2, 0) is 11.2 Å². The van der Waals surface area contributed by atoms with E-state index in [1.165, 1.54) is 6.92 Å². The van der Waals surface area contributed by atoms with Gasteiger partial charge in [0.1, 0.15) is 5.75 Å². The van der Waals surface area contributed by atoms with Crippen LogP contribution in [0.1, 0.15) is 37.0 Å². The van der Waals surface area contributed by atoms with Crippen molar-refractivity contribution in [3.63, 3.8) is 0 Å². The molecule has 1 amide bonds. The number of nitrogens with one attached hydrogen (secondary N) is 1. The maximum Gasteiger partial charge on any atom is 0.392 e. The van der Waals surface area contributed by atoms with E-state index in [-0.39, 0.29) is 11.9 Å². The van der Waals surface area contributed by atoms with Gasteiger partial charge in [-0.15, -0.1) is 0 Å². The van der Waals surface area contributed by atoms with E-state index in [2.05, 4.69) is 17.2 Å². The molecule has 148 valence electrons. The fraction of sp³-hybridized carbons (Fsp3) is 0.318. The Balaban J connectivity index is 1.89. The summed E-state index contributed by atoms with van der Waals surface area (Å²) in [4.78, 5) is 11.0. The Morgan fingerprint density at radius 1 is 1.04 bits per heavy atom. The summed E-state index contributed by atoms with van der Waals surface area (Å²) >= 11 is 0. The molecule has 2 aromatic rings. The lowest BCUT2D eigenvalue weighted by atomic mass is 10.0. The second kappa shape index (κ2) is 9.84. The van der Waals surface area contributed by atoms with Crippen molar-refractivity contribution in [3.05, 3.63) is 65.2 Å². The van der Waals surface area contributed by atoms with Crippen molar-refractivity contribution < 1.29 is 22.7 Å². The lowest BCUT2D eigenvalue weighted by Gasteiger charge is -2.12. The zero-order valence-corrected chi connectivity index (χ0v) is 15.8. The number of carbonyl (C=O) groups is 1. The Labute approximate surface area is 162 Å². The maximum absolute atomic E-state index is 12.1. The first-order chi connectivity index (χ1) is 13.2. The van der Waals surface area contributed by atoms with Crippen LogP contribution in [0.3, 0.4) is 0 Å². The lowest BCUT2D eigenvalue weighted by Crippen LogP contribution is -2.31. The average Bonchev–Trinajstić information content (AvgIpc) is 2.60. The van der Waals surface area contributed by atoms with Crippen LogP contribution in [0.15, 0.2) is 48.5 Å². The number of amides is 1. The molecule has 0 aliphatic rings. The van der Waals surface area contributed by atoms with Gasteiger partial charge in [0, 0.05) is 24.1 Å². The summed E-state index contributed by atoms with van der Waals surface area (Å²) in [5, 5.41) is 2.84. The zero-order chi connectivity index (χ0) is 20.6. The first-order valence-corrected chi connectivity index (χ1v) is 8.89. The molecule has 1 unspecified atom stereocenters. The van der Waals surface area contributed by atoms with Crippen LogP contribution in [0.4, 0.5) is 13.2 Å². The number of hydrogen-bond donors (Lipinski definition) is 1. The summed E-state index contributed by atoms with van der Waals surface area (Å²) in [6, 6.07) is 14.5. The normalized spacial score (nSPS) is 11.9. The van der Waals surface area contributed by atoms with E-state index in [0.717, 1.165) is 23.1 Å². The minimum absolute atomic E-state index is 0.0493. The highest BCUT2D eigenvalue weighted by molar-refractivity contribution is 5.73. The molecular weight excluding hydrogens is 367 g/mol. The third kappa shape index (κ3) is 8.17. The molecular formula is C22H22F3NO2. The van der Waals surface area contributed by atoms with Crippen molar-refractivity contribution in [2.75, 3.05) is 6.61 Å². The lowest BCUT2D eigenvalue weighted by molar-refractivity contribution is -0.139. The largest absolute Gasteiger partial charge is 0.493 e. The average molecular weight is 389 g/mol. The second-order valence-electron chi connectivity index (χ2n) is 6.49. The van der Waals surface area contributed by atoms with Crippen LogP contribution < -0.4 is 10.1 Å². The third-order valence-corrected chi connectivity index (χ3v) is 3.81. The molecule has 0 bridgehead atoms. The Morgan fingerprint density at radius 2 is 1.57 bits per heavy atom. The summed E-state index contributed by atoms with van der Waals surface area (Å²) in [5.74, 6) is 6.39. The van der Waals surface area contributed by atoms with E-state index < -0.39 is 19.2 Å². The number of benzene rings is 2. The number of alkyl halides is 3. The Kier molecular flexibility index (Phi) is 7.51. The molecule has 28 heavy (non-hydrogen) atoms. The number of rotatable bonds is 6. The van der Waals surface area contributed by atoms with Gasteiger partial charge in [-0.2, -0.15) is 13.2 Å². The minimum Gasteiger partial charge on any atom is -0.493 e. The number of hydrogen-bond acceptors (Lipinski definition) is 2. The number of halogens is 3. The van der Waals surface area contributed by atoms with Crippen molar-refractivity contribution in [1.29, 1.82) is 0 Å². The zero-order valence-electron chi connectivity index (χ0n) is 15.8. The summed E-state index contributed by atoms with van der Waals surface area (Å²) in [6.45, 7) is 3.05. The first-order valence-electron chi connectivity index (χ1n) is 8.89. The monoisotopic (exact) mass is 389 g/mol. The first kappa shape index (κ1) is 21.4. The topological polar surface area (TPSA) is 38.3 Å². The quantitative estimate of drug-likeness (QED) is 0.740. The fourth-order valence-corrected chi connectivity index (χ4v) is 2.54. The molecule has 2 aromatic carbocycles. The van der Waals surface area contributed by atoms with Crippen LogP contribution in [0.5, 0.6) is 5.75 Å². The van der Waals surface area contributed by atoms with Crippen LogP contribution in [0.2, 0.25) is 0 Å². The van der Waals surface area contributed by atoms with Gasteiger partial charge in [0.05, 0.1) is 13.0 Å². The maximum atomic E-state index is 12.1. The van der Waals surface area contributed by atoms with Gasteiger partial charge in [-0.25, -0.2) is 0 Å². The van der Waals surface area contributed by atoms with Crippen LogP contribution >= 0.6 is 0 Å². The molecule has 1 N–H and O–H groups in total. The highest BCUT2D eigenvalue weighted by Crippen LogP contribution is 2.20. The van der Waals surface area contributed by atoms with E-state index >= 15 is 0 Å². The van der Waals surface area contributed by atoms with E-state index in [1.54, 1.807) is 24.3 Å². The van der Waals surface area contributed by atoms with Crippen molar-refractivity contribution >= 4 is 5.91 Å². The summed E-state index contributed by atoms with van der Waals surface area (Å²) < 4.78 is 41.4. The molecule has 0 saturated carbocycles. The molecule has 2 rings (SSSR count). The number of carbonyl (C=O) groups excluding carboxylic acids is 1. The van der Waals surface area contributed by atoms with E-state index in [4.69, 9.17) is 4.74 Å². The van der Waals surface area contributed by atoms with E-state index in [9.17, 15) is 18.0 Å². The molecule has 0 aliphatic carbocycles. The Morgan fingerprint density at radius 3 is 2.07 bits per heavy atom. The van der Waals surface area contributed by atoms with Gasteiger partial charge in [-0.3, -0.25) is 4.79 Å². The molecule has 0 fully saturated rings. The minimum atomic E-state index is -4.22. The van der Waals surface area contributed by atoms with Crippen molar-refractivity contribution in [2.24, 2.45) is 0 Å². The molecule has 0 aromatic heterocycles. The summed E-state index contributed by atoms with van der Waals surface area (Å²) in [5.41, 5.74) is 2.69. The predicted octanol–water partition coefficient (Wildman–Crippen LogP) is 4.48. The molecule has 0 saturated heterocycles. The van der Waals surface area contributed by atoms with Crippen LogP contribution in [0, 0.1) is 11.8 Å². The molecule has 0 heterocycles. The van der Waals surface area contributed by atoms with Crippen molar-refractivity contribution in [3.8, 4) is 17.6 Å². The summed E-state index contributed by atoms with van der Waals surface area (Å²) in [7, 11) is 0. The van der Waals surface area contributed by atoms with Crippen LogP contribution in [-0.4, -0.2) is 24.7 Å². The van der Waals surface area contributed by atoms with Gasteiger partial charge in [0.15, 0.2) is 0 Å². The Hall–Kier alpha value is -2.94. The van der Waals surface area contributed by atoms with Gasteiger partial charge in [0.25, 0.3) is 0 Å². The standard InChI is InChI=1S/C22H22F3NO2/c1-16(26-17(2)27)15-20-7-5-18(6-8-20)3-4-19-9-11-21(12-10-19)28-14-13-22(23,24)25/h5-12,16H,13-15H2,1-2H3,(H,26,27). The number of ether oxygens (including phenoxy) is 1. The molecule has 1 atom stereocenters. The van der Waals surface area contributed by atoms with E-state index in [0.29, 0.717) is 5.75 Å². The third-order valence-electron chi connectivity index (χ3n) is 3.81. The summed E-state index contributed by atoms with van der Waals surface area (Å²) in [6.07, 6.45) is -4.46. The fourth-order valence-electron chi connectivity index (χ4n) is 2.54. The SMILES string of the molecule is CC(=O)NC(C)Cc1ccc(C#Cc2ccc(OCCC(F)(F)F)cc2)cc1. The van der Waals surface area contributed by atoms with Gasteiger partial charge in [-0.1, -0.05) is 24.0 Å². The van der Waals surface area contributed by atoms with Gasteiger partial charge in [-0.05, 0) is 55.3 Å². The van der Waals surface area contributed by atoms with Crippen LogP contribution in [0.25, 0.3) is 0 Å². The van der Waals surface area contributed by atoms with Crippen molar-refractivity contribution in [1.82, 2.24) is 5.32 Å². The molecule has 0 spiro atoms. The smallest absolute Gasteiger partial charge is 0.392 e. The highest BCUT2D eigenvalue weighted by atomic mass is 19.4. The molecule has 0 aliphatic heterocycles. The second-order valence-corrected chi connectivity index (χ2v) is 6.49. The van der Waals surface area contributed by atoms with Gasteiger partial charge >= 0.3 is 6.18 Å². The predicted molar refractivity (Wildman–Crippen MR) is 102 cm³/mol. The van der Waals surface area contributed by atoms with E-state index in [1.807, 2.05) is 31.2 Å². The Bertz CT molecular complexity index is 831. The molecule has 0 radical (unpaired) electrons. The molecule has 3 nitrogen and oxygen atoms in total. The van der Waals surface area contributed by atoms with Gasteiger partial charge < -0.3 is 10.1 Å². The van der Waals surface area contributed by atoms with Crippen molar-refractivity contribution in [2.45, 2.75) is 38.9 Å². The molecule has 6 heteroatoms. The van der Waals surface area contributed by atoms with Gasteiger partial charge in [0.2, 0.25) is 5.91 Å². The highest BCUT2D eigenvalue weighted by Gasteiger charge is 2.26.